The van der Waals surface area contributed by atoms with Gasteiger partial charge in [-0.2, -0.15) is 0 Å². The van der Waals surface area contributed by atoms with Crippen molar-refractivity contribution >= 4 is 0 Å². The van der Waals surface area contributed by atoms with Crippen LogP contribution in [-0.2, 0) is 4.74 Å². The molecule has 1 N–H and O–H groups in total. The number of hydrogen-bond acceptors (Lipinski definition) is 3. The van der Waals surface area contributed by atoms with E-state index in [1.54, 1.807) is 0 Å². The first-order valence-electron chi connectivity index (χ1n) is 8.77. The Kier molecular flexibility index (Phi) is 6.79. The Balaban J connectivity index is 1.65. The quantitative estimate of drug-likeness (QED) is 0.658. The van der Waals surface area contributed by atoms with E-state index in [-0.39, 0.29) is 0 Å². The van der Waals surface area contributed by atoms with Crippen molar-refractivity contribution in [1.82, 2.24) is 10.2 Å². The Morgan fingerprint density at radius 3 is 2.45 bits per heavy atom. The molecular weight excluding hydrogens is 248 g/mol. The van der Waals surface area contributed by atoms with E-state index in [9.17, 15) is 0 Å². The second-order valence-corrected chi connectivity index (χ2v) is 7.04. The second kappa shape index (κ2) is 8.35. The minimum Gasteiger partial charge on any atom is -0.380 e. The van der Waals surface area contributed by atoms with Gasteiger partial charge in [-0.3, -0.25) is 4.90 Å². The molecule has 3 nitrogen and oxygen atoms in total. The maximum Gasteiger partial charge on any atom is 0.0593 e. The SMILES string of the molecule is CCCNC1CC2CCC(C1)N2CCOCCC(C)C. The van der Waals surface area contributed by atoms with Crippen molar-refractivity contribution in [3.05, 3.63) is 0 Å². The van der Waals surface area contributed by atoms with Crippen molar-refractivity contribution in [1.29, 1.82) is 0 Å². The van der Waals surface area contributed by atoms with Crippen LogP contribution in [0.15, 0.2) is 0 Å². The molecule has 2 bridgehead atoms. The minimum absolute atomic E-state index is 0.756. The predicted octanol–water partition coefficient (Wildman–Crippen LogP) is 3.04. The van der Waals surface area contributed by atoms with Gasteiger partial charge in [-0.1, -0.05) is 20.8 Å². The van der Waals surface area contributed by atoms with Crippen molar-refractivity contribution in [2.75, 3.05) is 26.3 Å². The van der Waals surface area contributed by atoms with Gasteiger partial charge in [0.2, 0.25) is 0 Å². The number of ether oxygens (including phenoxy) is 1. The topological polar surface area (TPSA) is 24.5 Å². The first-order valence-corrected chi connectivity index (χ1v) is 8.77. The van der Waals surface area contributed by atoms with E-state index < -0.39 is 0 Å². The number of piperidine rings is 1. The van der Waals surface area contributed by atoms with Gasteiger partial charge in [0, 0.05) is 31.3 Å². The van der Waals surface area contributed by atoms with E-state index in [1.807, 2.05) is 0 Å². The Morgan fingerprint density at radius 2 is 1.85 bits per heavy atom. The molecule has 2 rings (SSSR count). The van der Waals surface area contributed by atoms with E-state index in [4.69, 9.17) is 4.74 Å². The lowest BCUT2D eigenvalue weighted by molar-refractivity contribution is 0.0554. The molecule has 118 valence electrons. The Morgan fingerprint density at radius 1 is 1.15 bits per heavy atom. The highest BCUT2D eigenvalue weighted by Crippen LogP contribution is 2.35. The fourth-order valence-electron chi connectivity index (χ4n) is 3.75. The largest absolute Gasteiger partial charge is 0.380 e. The van der Waals surface area contributed by atoms with Gasteiger partial charge in [-0.05, 0) is 51.0 Å². The number of fused-ring (bicyclic) bond motifs is 2. The molecule has 0 saturated carbocycles. The third kappa shape index (κ3) is 4.71. The zero-order chi connectivity index (χ0) is 14.4. The Bertz CT molecular complexity index is 256. The Hall–Kier alpha value is -0.120. The van der Waals surface area contributed by atoms with Crippen LogP contribution in [0.25, 0.3) is 0 Å². The third-order valence-corrected chi connectivity index (χ3v) is 4.90. The van der Waals surface area contributed by atoms with Gasteiger partial charge < -0.3 is 10.1 Å². The lowest BCUT2D eigenvalue weighted by Crippen LogP contribution is -2.50. The van der Waals surface area contributed by atoms with Crippen LogP contribution in [0.3, 0.4) is 0 Å². The summed E-state index contributed by atoms with van der Waals surface area (Å²) >= 11 is 0. The van der Waals surface area contributed by atoms with Crippen molar-refractivity contribution in [3.8, 4) is 0 Å². The van der Waals surface area contributed by atoms with Crippen LogP contribution in [0.2, 0.25) is 0 Å². The fraction of sp³-hybridized carbons (Fsp3) is 1.00. The molecule has 0 spiro atoms. The van der Waals surface area contributed by atoms with Gasteiger partial charge in [0.15, 0.2) is 0 Å². The van der Waals surface area contributed by atoms with Gasteiger partial charge in [-0.15, -0.1) is 0 Å². The maximum atomic E-state index is 5.81. The molecule has 20 heavy (non-hydrogen) atoms. The zero-order valence-electron chi connectivity index (χ0n) is 13.7. The summed E-state index contributed by atoms with van der Waals surface area (Å²) in [6.45, 7) is 11.0. The van der Waals surface area contributed by atoms with Crippen LogP contribution < -0.4 is 5.32 Å². The van der Waals surface area contributed by atoms with E-state index in [1.165, 1.54) is 45.1 Å². The maximum absolute atomic E-state index is 5.81. The van der Waals surface area contributed by atoms with Crippen LogP contribution in [0, 0.1) is 5.92 Å². The Labute approximate surface area is 125 Å². The van der Waals surface area contributed by atoms with Crippen LogP contribution in [0.4, 0.5) is 0 Å². The van der Waals surface area contributed by atoms with E-state index in [2.05, 4.69) is 31.0 Å². The summed E-state index contributed by atoms with van der Waals surface area (Å²) < 4.78 is 5.81. The van der Waals surface area contributed by atoms with Crippen LogP contribution >= 0.6 is 0 Å². The minimum atomic E-state index is 0.756. The highest BCUT2D eigenvalue weighted by molar-refractivity contribution is 4.97. The molecule has 2 fully saturated rings. The van der Waals surface area contributed by atoms with Crippen LogP contribution in [0.5, 0.6) is 0 Å². The molecule has 0 aromatic heterocycles. The van der Waals surface area contributed by atoms with Crippen LogP contribution in [0.1, 0.15) is 59.3 Å². The summed E-state index contributed by atoms with van der Waals surface area (Å²) in [5, 5.41) is 3.72. The van der Waals surface area contributed by atoms with Crippen molar-refractivity contribution in [2.24, 2.45) is 5.92 Å². The average molecular weight is 282 g/mol. The number of nitrogens with one attached hydrogen (secondary N) is 1. The van der Waals surface area contributed by atoms with Crippen molar-refractivity contribution in [2.45, 2.75) is 77.4 Å². The standard InChI is InChI=1S/C17H34N2O/c1-4-8-18-15-12-16-5-6-17(13-15)19(16)9-11-20-10-7-14(2)3/h14-18H,4-13H2,1-3H3. The molecular formula is C17H34N2O. The molecule has 2 aliphatic heterocycles. The molecule has 2 aliphatic rings. The lowest BCUT2D eigenvalue weighted by Gasteiger charge is -2.39. The monoisotopic (exact) mass is 282 g/mol. The molecule has 2 atom stereocenters. The normalized spacial score (nSPS) is 30.3. The highest BCUT2D eigenvalue weighted by atomic mass is 16.5. The molecule has 0 radical (unpaired) electrons. The van der Waals surface area contributed by atoms with Gasteiger partial charge >= 0.3 is 0 Å². The summed E-state index contributed by atoms with van der Waals surface area (Å²) in [6.07, 6.45) is 7.95. The molecule has 2 heterocycles. The van der Waals surface area contributed by atoms with E-state index >= 15 is 0 Å². The molecule has 0 aromatic rings. The first kappa shape index (κ1) is 16.3. The molecule has 0 amide bonds. The first-order chi connectivity index (χ1) is 9.70. The van der Waals surface area contributed by atoms with Gasteiger partial charge in [0.1, 0.15) is 0 Å². The van der Waals surface area contributed by atoms with Crippen molar-refractivity contribution in [3.63, 3.8) is 0 Å². The van der Waals surface area contributed by atoms with Crippen LogP contribution in [-0.4, -0.2) is 49.3 Å². The summed E-state index contributed by atoms with van der Waals surface area (Å²) in [5.74, 6) is 0.756. The third-order valence-electron chi connectivity index (χ3n) is 4.90. The molecule has 3 heteroatoms. The molecule has 0 aromatic carbocycles. The van der Waals surface area contributed by atoms with Gasteiger partial charge in [0.25, 0.3) is 0 Å². The molecule has 0 aliphatic carbocycles. The number of rotatable bonds is 9. The smallest absolute Gasteiger partial charge is 0.0593 e. The van der Waals surface area contributed by atoms with E-state index in [0.717, 1.165) is 43.8 Å². The van der Waals surface area contributed by atoms with Gasteiger partial charge in [-0.25, -0.2) is 0 Å². The summed E-state index contributed by atoms with van der Waals surface area (Å²) in [4.78, 5) is 2.74. The summed E-state index contributed by atoms with van der Waals surface area (Å²) in [7, 11) is 0. The lowest BCUT2D eigenvalue weighted by atomic mass is 9.97. The second-order valence-electron chi connectivity index (χ2n) is 7.04. The van der Waals surface area contributed by atoms with Gasteiger partial charge in [0.05, 0.1) is 6.61 Å². The fourth-order valence-corrected chi connectivity index (χ4v) is 3.75. The average Bonchev–Trinajstić information content (AvgIpc) is 2.66. The highest BCUT2D eigenvalue weighted by Gasteiger charge is 2.39. The van der Waals surface area contributed by atoms with Crippen molar-refractivity contribution < 1.29 is 4.74 Å². The van der Waals surface area contributed by atoms with E-state index in [0.29, 0.717) is 0 Å². The number of hydrogen-bond donors (Lipinski definition) is 1. The molecule has 2 saturated heterocycles. The number of nitrogens with zero attached hydrogens (tertiary/aromatic N) is 1. The molecule has 2 unspecified atom stereocenters. The predicted molar refractivity (Wildman–Crippen MR) is 85.1 cm³/mol. The zero-order valence-corrected chi connectivity index (χ0v) is 13.7. The summed E-state index contributed by atoms with van der Waals surface area (Å²) in [5.41, 5.74) is 0. The summed E-state index contributed by atoms with van der Waals surface area (Å²) in [6, 6.07) is 2.40.